The number of hydrogen-bond donors (Lipinski definition) is 4. The van der Waals surface area contributed by atoms with E-state index in [0.717, 1.165) is 41.7 Å². The van der Waals surface area contributed by atoms with Gasteiger partial charge in [-0.05, 0) is 98.2 Å². The number of carbonyl (C=O) groups is 4. The van der Waals surface area contributed by atoms with Crippen molar-refractivity contribution in [2.45, 2.75) is 83.1 Å². The van der Waals surface area contributed by atoms with Crippen LogP contribution < -0.4 is 21.3 Å². The summed E-state index contributed by atoms with van der Waals surface area (Å²) < 4.78 is 0. The van der Waals surface area contributed by atoms with Crippen LogP contribution in [0.4, 0.5) is 21.0 Å². The standard InChI is InChI=1S/C25H27N5O4.C11H12N2.C11H18N2.C2H6/c1-15(25(2,3)4)14-20(26-5)29-23(33)27-16-10-12-17(13-11-16)28-24(34)30-21(31)18-8-6-7-9-19(18)22(30)32;1-8-3-5-10(6-4-8)11-7-12-9(2)13-11;1-8(2)13-10-6-9(7-12-10)11(3,4)5;1-2/h6-14H,1-5H3,(H,28,34)(H2,26,27,29,33);3-6H,7H2,1-2H3;6H,1,7H2,2-5H3,(H,12,13);1-2H3/b15-14+;;;. The first-order chi connectivity index (χ1) is 29.2. The third-order valence-electron chi connectivity index (χ3n) is 9.58. The number of nitrogens with zero attached hydrogens (tertiary/aromatic N) is 5. The van der Waals surface area contributed by atoms with E-state index in [0.29, 0.717) is 22.1 Å². The van der Waals surface area contributed by atoms with Crippen LogP contribution in [-0.2, 0) is 0 Å². The van der Waals surface area contributed by atoms with Crippen LogP contribution in [0.15, 0.2) is 128 Å². The molecular weight excluding hydrogens is 779 g/mol. The largest absolute Gasteiger partial charge is 0.345 e. The Hall–Kier alpha value is -6.76. The van der Waals surface area contributed by atoms with E-state index in [1.165, 1.54) is 28.8 Å². The normalized spacial score (nSPS) is 14.6. The maximum absolute atomic E-state index is 12.6. The zero-order chi connectivity index (χ0) is 46.4. The summed E-state index contributed by atoms with van der Waals surface area (Å²) in [4.78, 5) is 67.4. The molecule has 6 rings (SSSR count). The Morgan fingerprint density at radius 2 is 1.32 bits per heavy atom. The Balaban J connectivity index is 0.000000297. The fraction of sp³-hybridized carbons (Fsp3) is 0.347. The van der Waals surface area contributed by atoms with Crippen molar-refractivity contribution in [2.75, 3.05) is 30.8 Å². The minimum Gasteiger partial charge on any atom is -0.345 e. The van der Waals surface area contributed by atoms with E-state index in [1.807, 2.05) is 40.7 Å². The van der Waals surface area contributed by atoms with Crippen LogP contribution in [0.2, 0.25) is 0 Å². The van der Waals surface area contributed by atoms with Gasteiger partial charge in [0.25, 0.3) is 11.8 Å². The topological polar surface area (TPSA) is 169 Å². The SMILES string of the molecule is C=C(C)NC1=NCC(C(C)(C)C)=C1.CC.CC1=NCC(c2ccc(C)cc2)=N1.CN=C(/C=C(\C)C(C)(C)C)NC(=O)Nc1ccc(NC(=O)N2C(=O)c3ccccc3C2=O)cc1. The molecule has 4 N–H and O–H groups in total. The monoisotopic (exact) mass is 842 g/mol. The van der Waals surface area contributed by atoms with Crippen LogP contribution >= 0.6 is 0 Å². The van der Waals surface area contributed by atoms with Crippen molar-refractivity contribution in [1.82, 2.24) is 15.5 Å². The molecule has 0 bridgehead atoms. The number of hydrogen-bond acceptors (Lipinski definition) is 9. The maximum atomic E-state index is 12.6. The zero-order valence-electron chi connectivity index (χ0n) is 38.6. The number of anilines is 2. The van der Waals surface area contributed by atoms with E-state index in [9.17, 15) is 19.2 Å². The summed E-state index contributed by atoms with van der Waals surface area (Å²) in [5.41, 5.74) is 8.29. The first-order valence-electron chi connectivity index (χ1n) is 20.6. The molecule has 0 atom stereocenters. The first kappa shape index (κ1) is 49.6. The lowest BCUT2D eigenvalue weighted by Gasteiger charge is -2.20. The number of urea groups is 2. The van der Waals surface area contributed by atoms with Gasteiger partial charge in [0.2, 0.25) is 0 Å². The Kier molecular flexibility index (Phi) is 17.8. The predicted octanol–water partition coefficient (Wildman–Crippen LogP) is 10.4. The molecule has 6 amide bonds. The highest BCUT2D eigenvalue weighted by Gasteiger charge is 2.39. The second-order valence-electron chi connectivity index (χ2n) is 16.6. The molecule has 0 saturated carbocycles. The fourth-order valence-electron chi connectivity index (χ4n) is 5.58. The number of allylic oxidation sites excluding steroid dienone is 2. The van der Waals surface area contributed by atoms with Gasteiger partial charge in [0.05, 0.1) is 29.9 Å². The number of rotatable bonds is 5. The van der Waals surface area contributed by atoms with E-state index in [1.54, 1.807) is 43.4 Å². The molecule has 3 aromatic rings. The molecule has 0 fully saturated rings. The third kappa shape index (κ3) is 14.5. The van der Waals surface area contributed by atoms with Gasteiger partial charge in [-0.3, -0.25) is 29.9 Å². The molecule has 13 heteroatoms. The second-order valence-corrected chi connectivity index (χ2v) is 16.6. The minimum absolute atomic E-state index is 0.0541. The van der Waals surface area contributed by atoms with Crippen molar-refractivity contribution in [3.63, 3.8) is 0 Å². The summed E-state index contributed by atoms with van der Waals surface area (Å²) in [7, 11) is 1.59. The van der Waals surface area contributed by atoms with Crippen LogP contribution in [-0.4, -0.2) is 72.1 Å². The Bertz CT molecular complexity index is 2280. The van der Waals surface area contributed by atoms with Gasteiger partial charge < -0.3 is 16.0 Å². The van der Waals surface area contributed by atoms with Crippen LogP contribution in [0.25, 0.3) is 0 Å². The minimum atomic E-state index is -0.852. The summed E-state index contributed by atoms with van der Waals surface area (Å²) in [6, 6.07) is 19.6. The molecule has 328 valence electrons. The summed E-state index contributed by atoms with van der Waals surface area (Å²) in [6.07, 6.45) is 3.94. The summed E-state index contributed by atoms with van der Waals surface area (Å²) >= 11 is 0. The van der Waals surface area contributed by atoms with Gasteiger partial charge in [0.15, 0.2) is 0 Å². The molecule has 3 aliphatic heterocycles. The molecule has 0 unspecified atom stereocenters. The van der Waals surface area contributed by atoms with Gasteiger partial charge in [-0.25, -0.2) is 14.6 Å². The molecular formula is C49H63N9O4. The maximum Gasteiger partial charge on any atom is 0.336 e. The van der Waals surface area contributed by atoms with Crippen LogP contribution in [0.5, 0.6) is 0 Å². The Morgan fingerprint density at radius 3 is 1.77 bits per heavy atom. The molecule has 0 spiro atoms. The van der Waals surface area contributed by atoms with E-state index in [2.05, 4.69) is 127 Å². The molecule has 3 heterocycles. The van der Waals surface area contributed by atoms with E-state index in [4.69, 9.17) is 0 Å². The molecule has 62 heavy (non-hydrogen) atoms. The average Bonchev–Trinajstić information content (AvgIpc) is 3.94. The molecule has 3 aromatic carbocycles. The lowest BCUT2D eigenvalue weighted by Crippen LogP contribution is -2.39. The number of fused-ring (bicyclic) bond motifs is 1. The van der Waals surface area contributed by atoms with Gasteiger partial charge in [0.1, 0.15) is 17.5 Å². The number of imide groups is 3. The van der Waals surface area contributed by atoms with Crippen molar-refractivity contribution in [2.24, 2.45) is 30.8 Å². The van der Waals surface area contributed by atoms with Crippen molar-refractivity contribution in [3.8, 4) is 0 Å². The summed E-state index contributed by atoms with van der Waals surface area (Å²) in [5, 5.41) is 11.0. The summed E-state index contributed by atoms with van der Waals surface area (Å²) in [6.45, 7) is 30.1. The average molecular weight is 842 g/mol. The number of aliphatic imine (C=N–C) groups is 4. The van der Waals surface area contributed by atoms with Gasteiger partial charge in [-0.15, -0.1) is 0 Å². The van der Waals surface area contributed by atoms with Crippen molar-refractivity contribution >= 4 is 58.5 Å². The number of benzene rings is 3. The summed E-state index contributed by atoms with van der Waals surface area (Å²) in [5.74, 6) is 0.914. The third-order valence-corrected chi connectivity index (χ3v) is 9.58. The highest BCUT2D eigenvalue weighted by molar-refractivity contribution is 6.30. The number of amidine groups is 3. The molecule has 3 aliphatic rings. The fourth-order valence-corrected chi connectivity index (χ4v) is 5.58. The molecule has 0 radical (unpaired) electrons. The molecule has 0 aromatic heterocycles. The quantitative estimate of drug-likeness (QED) is 0.114. The Labute approximate surface area is 367 Å². The zero-order valence-corrected chi connectivity index (χ0v) is 38.6. The lowest BCUT2D eigenvalue weighted by molar-refractivity contribution is 0.0713. The Morgan fingerprint density at radius 1 is 0.774 bits per heavy atom. The number of aryl methyl sites for hydroxylation is 1. The van der Waals surface area contributed by atoms with Crippen molar-refractivity contribution in [3.05, 3.63) is 131 Å². The second kappa shape index (κ2) is 22.2. The molecule has 0 aliphatic carbocycles. The van der Waals surface area contributed by atoms with Gasteiger partial charge in [-0.2, -0.15) is 4.90 Å². The van der Waals surface area contributed by atoms with E-state index >= 15 is 0 Å². The highest BCUT2D eigenvalue weighted by Crippen LogP contribution is 2.28. The van der Waals surface area contributed by atoms with E-state index in [-0.39, 0.29) is 22.0 Å². The number of nitrogens with one attached hydrogen (secondary N) is 4. The van der Waals surface area contributed by atoms with Gasteiger partial charge in [-0.1, -0.05) is 110 Å². The van der Waals surface area contributed by atoms with Crippen molar-refractivity contribution in [1.29, 1.82) is 0 Å². The lowest BCUT2D eigenvalue weighted by atomic mass is 9.87. The predicted molar refractivity (Wildman–Crippen MR) is 256 cm³/mol. The number of amides is 6. The van der Waals surface area contributed by atoms with Gasteiger partial charge >= 0.3 is 12.1 Å². The smallest absolute Gasteiger partial charge is 0.336 e. The van der Waals surface area contributed by atoms with Crippen molar-refractivity contribution < 1.29 is 19.2 Å². The number of carbonyl (C=O) groups excluding carboxylic acids is 4. The van der Waals surface area contributed by atoms with E-state index < -0.39 is 23.9 Å². The highest BCUT2D eigenvalue weighted by atomic mass is 16.2. The molecule has 0 saturated heterocycles. The van der Waals surface area contributed by atoms with Crippen LogP contribution in [0, 0.1) is 17.8 Å². The van der Waals surface area contributed by atoms with Crippen LogP contribution in [0.1, 0.15) is 108 Å². The first-order valence-corrected chi connectivity index (χ1v) is 20.6. The van der Waals surface area contributed by atoms with Crippen LogP contribution in [0.3, 0.4) is 0 Å². The molecule has 13 nitrogen and oxygen atoms in total. The van der Waals surface area contributed by atoms with Gasteiger partial charge in [0, 0.05) is 24.1 Å².